The van der Waals surface area contributed by atoms with E-state index in [0.29, 0.717) is 44.0 Å². The van der Waals surface area contributed by atoms with Gasteiger partial charge in [0.05, 0.1) is 0 Å². The first-order valence-electron chi connectivity index (χ1n) is 10.4. The molecule has 2 aromatic heterocycles. The third-order valence-electron chi connectivity index (χ3n) is 5.60. The van der Waals surface area contributed by atoms with Crippen LogP contribution in [0.15, 0.2) is 48.8 Å². The molecule has 1 saturated heterocycles. The van der Waals surface area contributed by atoms with Crippen molar-refractivity contribution < 1.29 is 9.53 Å². The Morgan fingerprint density at radius 3 is 2.65 bits per heavy atom. The Morgan fingerprint density at radius 1 is 1.03 bits per heavy atom. The number of nitrogens with zero attached hydrogens (tertiary/aromatic N) is 7. The van der Waals surface area contributed by atoms with Gasteiger partial charge in [0.15, 0.2) is 23.6 Å². The maximum Gasteiger partial charge on any atom is 0.260 e. The third kappa shape index (κ3) is 3.74. The molecule has 9 heteroatoms. The Kier molecular flexibility index (Phi) is 5.07. The molecule has 0 atom stereocenters. The van der Waals surface area contributed by atoms with Crippen LogP contribution in [0.3, 0.4) is 0 Å². The Labute approximate surface area is 179 Å². The van der Waals surface area contributed by atoms with Gasteiger partial charge in [-0.05, 0) is 29.8 Å². The van der Waals surface area contributed by atoms with Gasteiger partial charge in [-0.1, -0.05) is 35.5 Å². The van der Waals surface area contributed by atoms with E-state index < -0.39 is 0 Å². The van der Waals surface area contributed by atoms with E-state index in [9.17, 15) is 4.79 Å². The van der Waals surface area contributed by atoms with Crippen molar-refractivity contribution in [1.82, 2.24) is 29.9 Å². The number of carbonyl (C=O) groups is 1. The highest BCUT2D eigenvalue weighted by Crippen LogP contribution is 2.23. The van der Waals surface area contributed by atoms with Crippen LogP contribution < -0.4 is 9.64 Å². The molecule has 9 nitrogen and oxygen atoms in total. The summed E-state index contributed by atoms with van der Waals surface area (Å²) in [5.41, 5.74) is 1.43. The van der Waals surface area contributed by atoms with Gasteiger partial charge < -0.3 is 14.5 Å². The van der Waals surface area contributed by atoms with Crippen molar-refractivity contribution in [2.45, 2.75) is 13.5 Å². The predicted molar refractivity (Wildman–Crippen MR) is 117 cm³/mol. The minimum Gasteiger partial charge on any atom is -0.484 e. The fourth-order valence-electron chi connectivity index (χ4n) is 3.89. The van der Waals surface area contributed by atoms with Crippen molar-refractivity contribution >= 4 is 33.7 Å². The van der Waals surface area contributed by atoms with Crippen molar-refractivity contribution in [1.29, 1.82) is 0 Å². The van der Waals surface area contributed by atoms with Crippen molar-refractivity contribution in [3.05, 3.63) is 48.8 Å². The molecule has 1 aliphatic heterocycles. The molecule has 1 aliphatic rings. The average Bonchev–Trinajstić information content (AvgIpc) is 3.26. The molecule has 31 heavy (non-hydrogen) atoms. The highest BCUT2D eigenvalue weighted by atomic mass is 16.5. The number of hydrogen-bond acceptors (Lipinski definition) is 7. The predicted octanol–water partition coefficient (Wildman–Crippen LogP) is 2.12. The van der Waals surface area contributed by atoms with Gasteiger partial charge in [0.1, 0.15) is 12.1 Å². The van der Waals surface area contributed by atoms with E-state index in [0.717, 1.165) is 22.2 Å². The van der Waals surface area contributed by atoms with Gasteiger partial charge in [0.2, 0.25) is 0 Å². The number of fused-ring (bicyclic) bond motifs is 2. The van der Waals surface area contributed by atoms with Gasteiger partial charge in [-0.25, -0.2) is 14.6 Å². The Bertz CT molecular complexity index is 1230. The van der Waals surface area contributed by atoms with Crippen LogP contribution in [0.25, 0.3) is 21.9 Å². The van der Waals surface area contributed by atoms with Crippen molar-refractivity contribution in [2.24, 2.45) is 0 Å². The van der Waals surface area contributed by atoms with Crippen LogP contribution in [0.1, 0.15) is 6.92 Å². The molecule has 3 heterocycles. The largest absolute Gasteiger partial charge is 0.484 e. The molecule has 0 N–H and O–H groups in total. The second-order valence-electron chi connectivity index (χ2n) is 7.44. The number of benzene rings is 2. The van der Waals surface area contributed by atoms with Gasteiger partial charge >= 0.3 is 0 Å². The zero-order valence-corrected chi connectivity index (χ0v) is 17.3. The lowest BCUT2D eigenvalue weighted by Crippen LogP contribution is -2.50. The minimum absolute atomic E-state index is 0.0161. The Balaban J connectivity index is 1.20. The SMILES string of the molecule is CCn1nnc2c(N3CCN(C(=O)COc4ccc5ccccc5c4)CC3)ncnc21. The van der Waals surface area contributed by atoms with E-state index in [1.165, 1.54) is 0 Å². The highest BCUT2D eigenvalue weighted by Gasteiger charge is 2.24. The van der Waals surface area contributed by atoms with Gasteiger partial charge in [0.25, 0.3) is 5.91 Å². The first-order valence-corrected chi connectivity index (χ1v) is 10.4. The van der Waals surface area contributed by atoms with E-state index in [4.69, 9.17) is 4.74 Å². The van der Waals surface area contributed by atoms with Crippen LogP contribution in [-0.2, 0) is 11.3 Å². The number of rotatable bonds is 5. The number of carbonyl (C=O) groups excluding carboxylic acids is 1. The fourth-order valence-corrected chi connectivity index (χ4v) is 3.89. The lowest BCUT2D eigenvalue weighted by atomic mass is 10.1. The van der Waals surface area contributed by atoms with Crippen LogP contribution >= 0.6 is 0 Å². The summed E-state index contributed by atoms with van der Waals surface area (Å²) in [4.78, 5) is 25.3. The number of anilines is 1. The topological polar surface area (TPSA) is 89.3 Å². The van der Waals surface area contributed by atoms with E-state index in [2.05, 4.69) is 31.2 Å². The number of hydrogen-bond donors (Lipinski definition) is 0. The molecule has 1 fully saturated rings. The zero-order valence-electron chi connectivity index (χ0n) is 17.3. The first kappa shape index (κ1) is 19.2. The summed E-state index contributed by atoms with van der Waals surface area (Å²) in [6, 6.07) is 14.0. The summed E-state index contributed by atoms with van der Waals surface area (Å²) in [7, 11) is 0. The molecule has 1 amide bonds. The van der Waals surface area contributed by atoms with E-state index in [-0.39, 0.29) is 12.5 Å². The van der Waals surface area contributed by atoms with E-state index in [1.54, 1.807) is 11.0 Å². The molecule has 4 aromatic rings. The highest BCUT2D eigenvalue weighted by molar-refractivity contribution is 5.84. The van der Waals surface area contributed by atoms with Crippen LogP contribution in [-0.4, -0.2) is 68.6 Å². The van der Waals surface area contributed by atoms with Crippen LogP contribution in [0, 0.1) is 0 Å². The summed E-state index contributed by atoms with van der Waals surface area (Å²) in [6.45, 7) is 5.29. The lowest BCUT2D eigenvalue weighted by Gasteiger charge is -2.35. The van der Waals surface area contributed by atoms with Gasteiger partial charge in [-0.15, -0.1) is 5.10 Å². The molecule has 2 aromatic carbocycles. The molecule has 0 bridgehead atoms. The quantitative estimate of drug-likeness (QED) is 0.491. The lowest BCUT2D eigenvalue weighted by molar-refractivity contribution is -0.133. The van der Waals surface area contributed by atoms with Crippen molar-refractivity contribution in [3.63, 3.8) is 0 Å². The number of piperazine rings is 1. The average molecular weight is 417 g/mol. The zero-order chi connectivity index (χ0) is 21.2. The van der Waals surface area contributed by atoms with Crippen LogP contribution in [0.4, 0.5) is 5.82 Å². The number of amides is 1. The number of ether oxygens (including phenoxy) is 1. The van der Waals surface area contributed by atoms with E-state index in [1.807, 2.05) is 48.2 Å². The standard InChI is InChI=1S/C22H23N7O2/c1-2-29-22-20(25-26-29)21(23-15-24-22)28-11-9-27(10-12-28)19(30)14-31-18-8-7-16-5-3-4-6-17(16)13-18/h3-8,13,15H,2,9-12,14H2,1H3. The van der Waals surface area contributed by atoms with Crippen LogP contribution in [0.5, 0.6) is 5.75 Å². The number of aromatic nitrogens is 5. The normalized spacial score (nSPS) is 14.4. The van der Waals surface area contributed by atoms with Gasteiger partial charge in [-0.2, -0.15) is 0 Å². The van der Waals surface area contributed by atoms with Gasteiger partial charge in [-0.3, -0.25) is 4.79 Å². The molecule has 158 valence electrons. The van der Waals surface area contributed by atoms with Gasteiger partial charge in [0, 0.05) is 32.7 Å². The molecular formula is C22H23N7O2. The fraction of sp³-hybridized carbons (Fsp3) is 0.318. The summed E-state index contributed by atoms with van der Waals surface area (Å²) >= 11 is 0. The Hall–Kier alpha value is -3.75. The molecular weight excluding hydrogens is 394 g/mol. The molecule has 0 saturated carbocycles. The molecule has 5 rings (SSSR count). The molecule has 0 spiro atoms. The minimum atomic E-state index is -0.0161. The monoisotopic (exact) mass is 417 g/mol. The number of aryl methyl sites for hydroxylation is 1. The molecule has 0 unspecified atom stereocenters. The molecule has 0 radical (unpaired) electrons. The second kappa shape index (κ2) is 8.17. The van der Waals surface area contributed by atoms with E-state index >= 15 is 0 Å². The maximum atomic E-state index is 12.7. The molecule has 0 aliphatic carbocycles. The van der Waals surface area contributed by atoms with Crippen molar-refractivity contribution in [2.75, 3.05) is 37.7 Å². The summed E-state index contributed by atoms with van der Waals surface area (Å²) in [6.07, 6.45) is 1.54. The second-order valence-corrected chi connectivity index (χ2v) is 7.44. The summed E-state index contributed by atoms with van der Waals surface area (Å²) in [5.74, 6) is 1.45. The maximum absolute atomic E-state index is 12.7. The van der Waals surface area contributed by atoms with Crippen molar-refractivity contribution in [3.8, 4) is 5.75 Å². The third-order valence-corrected chi connectivity index (χ3v) is 5.60. The summed E-state index contributed by atoms with van der Waals surface area (Å²) < 4.78 is 7.52. The van der Waals surface area contributed by atoms with Crippen LogP contribution in [0.2, 0.25) is 0 Å². The Morgan fingerprint density at radius 2 is 1.84 bits per heavy atom. The summed E-state index contributed by atoms with van der Waals surface area (Å²) in [5, 5.41) is 10.6. The first-order chi connectivity index (χ1) is 15.2. The smallest absolute Gasteiger partial charge is 0.260 e.